The number of rotatable bonds is 10. The Labute approximate surface area is 182 Å². The van der Waals surface area contributed by atoms with Crippen LogP contribution in [0.3, 0.4) is 0 Å². The lowest BCUT2D eigenvalue weighted by molar-refractivity contribution is -0.159. The first-order valence-corrected chi connectivity index (χ1v) is 10.3. The van der Waals surface area contributed by atoms with E-state index in [-0.39, 0.29) is 21.8 Å². The van der Waals surface area contributed by atoms with Gasteiger partial charge in [0.1, 0.15) is 11.5 Å². The van der Waals surface area contributed by atoms with Gasteiger partial charge >= 0.3 is 11.9 Å². The molecule has 0 aliphatic rings. The molecule has 0 heterocycles. The van der Waals surface area contributed by atoms with Crippen LogP contribution in [0.4, 0.5) is 4.39 Å². The average molecular weight is 486 g/mol. The third-order valence-corrected chi connectivity index (χ3v) is 5.61. The molecule has 1 aromatic carbocycles. The summed E-state index contributed by atoms with van der Waals surface area (Å²) < 4.78 is 54.3. The second-order valence-electron chi connectivity index (χ2n) is 5.90. The number of ketones is 1. The molecular weight excluding hydrogens is 468 g/mol. The van der Waals surface area contributed by atoms with E-state index in [2.05, 4.69) is 4.74 Å². The number of carbonyl (C=O) groups is 3. The third kappa shape index (κ3) is 7.01. The van der Waals surface area contributed by atoms with Gasteiger partial charge in [0.2, 0.25) is 0 Å². The minimum absolute atomic E-state index is 0.0947. The lowest BCUT2D eigenvalue weighted by atomic mass is 10.1. The Hall–Kier alpha value is -2.08. The highest BCUT2D eigenvalue weighted by Gasteiger charge is 2.38. The predicted octanol–water partition coefficient (Wildman–Crippen LogP) is 2.75. The monoisotopic (exact) mass is 485 g/mol. The van der Waals surface area contributed by atoms with Gasteiger partial charge in [0, 0.05) is 25.6 Å². The van der Waals surface area contributed by atoms with E-state index in [1.54, 1.807) is 0 Å². The first-order valence-electron chi connectivity index (χ1n) is 8.18. The van der Waals surface area contributed by atoms with Gasteiger partial charge in [-0.1, -0.05) is 23.2 Å². The smallest absolute Gasteiger partial charge is 0.303 e. The summed E-state index contributed by atoms with van der Waals surface area (Å²) in [6.07, 6.45) is -5.86. The second kappa shape index (κ2) is 10.8. The van der Waals surface area contributed by atoms with Crippen LogP contribution in [-0.2, 0) is 33.4 Å². The molecule has 30 heavy (non-hydrogen) atoms. The third-order valence-electron chi connectivity index (χ3n) is 3.51. The Bertz CT molecular complexity index is 953. The van der Waals surface area contributed by atoms with Crippen LogP contribution in [0.25, 0.3) is 0 Å². The zero-order valence-electron chi connectivity index (χ0n) is 16.0. The molecule has 0 aromatic heterocycles. The lowest BCUT2D eigenvalue weighted by Crippen LogP contribution is -2.45. The van der Waals surface area contributed by atoms with Crippen molar-refractivity contribution in [2.75, 3.05) is 6.61 Å². The van der Waals surface area contributed by atoms with Crippen molar-refractivity contribution in [3.8, 4) is 0 Å². The van der Waals surface area contributed by atoms with E-state index in [4.69, 9.17) is 37.5 Å². The van der Waals surface area contributed by atoms with E-state index in [1.807, 2.05) is 0 Å². The van der Waals surface area contributed by atoms with E-state index in [0.29, 0.717) is 0 Å². The molecule has 0 bridgehead atoms. The fourth-order valence-electron chi connectivity index (χ4n) is 2.23. The first-order chi connectivity index (χ1) is 13.8. The number of alkyl halides is 1. The molecule has 0 aliphatic heterocycles. The van der Waals surface area contributed by atoms with Crippen molar-refractivity contribution in [2.24, 2.45) is 0 Å². The fraction of sp³-hybridized carbons (Fsp3) is 0.412. The van der Waals surface area contributed by atoms with Crippen LogP contribution in [0.5, 0.6) is 0 Å². The summed E-state index contributed by atoms with van der Waals surface area (Å²) in [5.41, 5.74) is -0.358. The van der Waals surface area contributed by atoms with Gasteiger partial charge in [0.05, 0.1) is 10.0 Å². The summed E-state index contributed by atoms with van der Waals surface area (Å²) in [5.74, 6) is -2.55. The van der Waals surface area contributed by atoms with Gasteiger partial charge in [-0.15, -0.1) is 0 Å². The zero-order chi connectivity index (χ0) is 23.2. The number of Topliss-reactive ketones (excluding diaryl/α,β-unsaturated/α-hetero) is 1. The molecule has 1 aromatic rings. The molecule has 0 radical (unpaired) electrons. The summed E-state index contributed by atoms with van der Waals surface area (Å²) in [6, 6.07) is 1.88. The number of nitrogens with one attached hydrogen (secondary N) is 1. The van der Waals surface area contributed by atoms with Gasteiger partial charge in [-0.05, 0) is 19.1 Å². The minimum atomic E-state index is -4.83. The van der Waals surface area contributed by atoms with Crippen LogP contribution >= 0.6 is 23.2 Å². The molecule has 0 saturated carbocycles. The molecule has 0 fully saturated rings. The number of hydrogen-bond acceptors (Lipinski definition) is 9. The van der Waals surface area contributed by atoms with Gasteiger partial charge < -0.3 is 14.9 Å². The standard InChI is InChI=1S/C17H18Cl2FNO8S/c1-8(22)11-4-12(18)13(19)5-16(11)30(25,26)29-15(7-27-9(2)23)17(14(20)6-21)28-10(3)24/h4-6,14-15,17,21H,7H2,1-3H3/t14-,15-,17+/m1/s1. The summed E-state index contributed by atoms with van der Waals surface area (Å²) in [4.78, 5) is 33.7. The maximum Gasteiger partial charge on any atom is 0.303 e. The maximum absolute atomic E-state index is 14.2. The molecule has 13 heteroatoms. The summed E-state index contributed by atoms with van der Waals surface area (Å²) in [7, 11) is -4.83. The van der Waals surface area contributed by atoms with Crippen molar-refractivity contribution in [1.29, 1.82) is 5.41 Å². The van der Waals surface area contributed by atoms with Crippen molar-refractivity contribution in [3.05, 3.63) is 27.7 Å². The van der Waals surface area contributed by atoms with Gasteiger partial charge in [-0.25, -0.2) is 4.39 Å². The van der Waals surface area contributed by atoms with Crippen LogP contribution in [0.1, 0.15) is 31.1 Å². The number of carbonyl (C=O) groups excluding carboxylic acids is 3. The second-order valence-corrected chi connectivity index (χ2v) is 8.25. The molecule has 0 aliphatic carbocycles. The largest absolute Gasteiger partial charge is 0.463 e. The Morgan fingerprint density at radius 2 is 1.70 bits per heavy atom. The van der Waals surface area contributed by atoms with Gasteiger partial charge in [0.25, 0.3) is 10.1 Å². The van der Waals surface area contributed by atoms with E-state index in [1.165, 1.54) is 0 Å². The zero-order valence-corrected chi connectivity index (χ0v) is 18.3. The topological polar surface area (TPSA) is 137 Å². The SMILES string of the molecule is CC(=O)OC[C@@H](OS(=O)(=O)c1cc(Cl)c(Cl)cc1C(C)=O)[C@@H](OC(C)=O)[C@H](F)C=N. The van der Waals surface area contributed by atoms with E-state index < -0.39 is 57.7 Å². The van der Waals surface area contributed by atoms with Gasteiger partial charge in [0.15, 0.2) is 24.2 Å². The number of hydrogen-bond donors (Lipinski definition) is 1. The minimum Gasteiger partial charge on any atom is -0.463 e. The molecule has 1 N–H and O–H groups in total. The fourth-order valence-corrected chi connectivity index (χ4v) is 3.95. The van der Waals surface area contributed by atoms with Gasteiger partial charge in [-0.2, -0.15) is 8.42 Å². The van der Waals surface area contributed by atoms with Crippen LogP contribution in [0.15, 0.2) is 17.0 Å². The predicted molar refractivity (Wildman–Crippen MR) is 104 cm³/mol. The Morgan fingerprint density at radius 3 is 2.17 bits per heavy atom. The number of ether oxygens (including phenoxy) is 2. The molecule has 0 unspecified atom stereocenters. The average Bonchev–Trinajstić information content (AvgIpc) is 2.63. The Balaban J connectivity index is 3.48. The molecular formula is C17H18Cl2FNO8S. The molecule has 9 nitrogen and oxygen atoms in total. The Kier molecular flexibility index (Phi) is 9.35. The number of benzene rings is 1. The summed E-state index contributed by atoms with van der Waals surface area (Å²) in [5, 5.41) is 6.75. The Morgan fingerprint density at radius 1 is 1.13 bits per heavy atom. The van der Waals surface area contributed by atoms with Crippen molar-refractivity contribution < 1.29 is 40.8 Å². The highest BCUT2D eigenvalue weighted by atomic mass is 35.5. The quantitative estimate of drug-likeness (QED) is 0.231. The van der Waals surface area contributed by atoms with Crippen LogP contribution < -0.4 is 0 Å². The molecule has 0 spiro atoms. The van der Waals surface area contributed by atoms with Crippen LogP contribution in [-0.4, -0.2) is 57.3 Å². The van der Waals surface area contributed by atoms with E-state index in [9.17, 15) is 27.2 Å². The van der Waals surface area contributed by atoms with Crippen LogP contribution in [0.2, 0.25) is 10.0 Å². The normalized spacial score (nSPS) is 14.3. The molecule has 3 atom stereocenters. The highest BCUT2D eigenvalue weighted by Crippen LogP contribution is 2.31. The van der Waals surface area contributed by atoms with Gasteiger partial charge in [-0.3, -0.25) is 18.6 Å². The highest BCUT2D eigenvalue weighted by molar-refractivity contribution is 7.86. The summed E-state index contributed by atoms with van der Waals surface area (Å²) >= 11 is 11.7. The van der Waals surface area contributed by atoms with E-state index in [0.717, 1.165) is 32.9 Å². The van der Waals surface area contributed by atoms with Crippen molar-refractivity contribution in [1.82, 2.24) is 0 Å². The first kappa shape index (κ1) is 26.0. The maximum atomic E-state index is 14.2. The molecule has 0 saturated heterocycles. The van der Waals surface area contributed by atoms with Crippen molar-refractivity contribution in [2.45, 2.75) is 44.0 Å². The molecule has 1 rings (SSSR count). The number of esters is 2. The lowest BCUT2D eigenvalue weighted by Gasteiger charge is -2.27. The van der Waals surface area contributed by atoms with Crippen molar-refractivity contribution in [3.63, 3.8) is 0 Å². The molecule has 0 amide bonds. The van der Waals surface area contributed by atoms with E-state index >= 15 is 0 Å². The van der Waals surface area contributed by atoms with Crippen molar-refractivity contribution >= 4 is 57.3 Å². The summed E-state index contributed by atoms with van der Waals surface area (Å²) in [6.45, 7) is 2.16. The molecule has 166 valence electrons. The number of halogens is 3. The van der Waals surface area contributed by atoms with Crippen LogP contribution in [0, 0.1) is 5.41 Å².